The van der Waals surface area contributed by atoms with Crippen LogP contribution in [0.4, 0.5) is 0 Å². The summed E-state index contributed by atoms with van der Waals surface area (Å²) in [4.78, 5) is 11.9. The van der Waals surface area contributed by atoms with E-state index in [1.165, 1.54) is 0 Å². The summed E-state index contributed by atoms with van der Waals surface area (Å²) < 4.78 is 1.02. The molecule has 0 bridgehead atoms. The van der Waals surface area contributed by atoms with Crippen molar-refractivity contribution in [3.63, 3.8) is 0 Å². The summed E-state index contributed by atoms with van der Waals surface area (Å²) in [5, 5.41) is 13.0. The fourth-order valence-electron chi connectivity index (χ4n) is 2.09. The van der Waals surface area contributed by atoms with Gasteiger partial charge in [-0.2, -0.15) is 11.8 Å². The van der Waals surface area contributed by atoms with E-state index >= 15 is 0 Å². The summed E-state index contributed by atoms with van der Waals surface area (Å²) in [6.45, 7) is 2.35. The van der Waals surface area contributed by atoms with Gasteiger partial charge in [-0.3, -0.25) is 4.79 Å². The molecule has 3 nitrogen and oxygen atoms in total. The maximum Gasteiger partial charge on any atom is 0.224 e. The number of aliphatic hydroxyl groups is 1. The lowest BCUT2D eigenvalue weighted by Crippen LogP contribution is -2.43. The van der Waals surface area contributed by atoms with E-state index in [1.807, 2.05) is 25.1 Å². The minimum Gasteiger partial charge on any atom is -0.387 e. The Morgan fingerprint density at radius 2 is 2.37 bits per heavy atom. The van der Waals surface area contributed by atoms with Gasteiger partial charge in [0.25, 0.3) is 0 Å². The lowest BCUT2D eigenvalue weighted by molar-refractivity contribution is -0.121. The Balaban J connectivity index is 1.87. The number of rotatable bonds is 4. The first kappa shape index (κ1) is 14.9. The smallest absolute Gasteiger partial charge is 0.224 e. The van der Waals surface area contributed by atoms with Crippen molar-refractivity contribution in [3.8, 4) is 0 Å². The molecule has 0 aromatic heterocycles. The van der Waals surface area contributed by atoms with E-state index < -0.39 is 5.60 Å². The fraction of sp³-hybridized carbons (Fsp3) is 0.500. The third-order valence-corrected chi connectivity index (χ3v) is 5.08. The molecule has 1 aromatic carbocycles. The second-order valence-corrected chi connectivity index (χ2v) is 7.07. The molecule has 1 heterocycles. The Morgan fingerprint density at radius 1 is 1.58 bits per heavy atom. The van der Waals surface area contributed by atoms with Crippen LogP contribution in [-0.2, 0) is 11.2 Å². The third-order valence-electron chi connectivity index (χ3n) is 3.35. The summed E-state index contributed by atoms with van der Waals surface area (Å²) in [6, 6.07) is 5.90. The minimum atomic E-state index is -0.713. The van der Waals surface area contributed by atoms with Crippen LogP contribution >= 0.6 is 27.7 Å². The van der Waals surface area contributed by atoms with Crippen LogP contribution in [0.25, 0.3) is 0 Å². The molecule has 2 rings (SSSR count). The van der Waals surface area contributed by atoms with Gasteiger partial charge in [-0.25, -0.2) is 0 Å². The molecular formula is C14H18BrNO2S. The van der Waals surface area contributed by atoms with Gasteiger partial charge in [0.1, 0.15) is 0 Å². The molecule has 1 saturated heterocycles. The second-order valence-electron chi connectivity index (χ2n) is 5.05. The SMILES string of the molecule is Cc1cc(Br)ccc1CC(=O)NC[C@@]1(O)CCSC1. The van der Waals surface area contributed by atoms with E-state index in [1.54, 1.807) is 11.8 Å². The highest BCUT2D eigenvalue weighted by molar-refractivity contribution is 9.10. The number of nitrogens with one attached hydrogen (secondary N) is 1. The number of aryl methyl sites for hydroxylation is 1. The highest BCUT2D eigenvalue weighted by Gasteiger charge is 2.31. The summed E-state index contributed by atoms with van der Waals surface area (Å²) >= 11 is 5.14. The summed E-state index contributed by atoms with van der Waals surface area (Å²) in [5.41, 5.74) is 1.41. The first-order chi connectivity index (χ1) is 8.98. The van der Waals surface area contributed by atoms with Crippen LogP contribution in [0.2, 0.25) is 0 Å². The predicted molar refractivity (Wildman–Crippen MR) is 82.5 cm³/mol. The number of hydrogen-bond donors (Lipinski definition) is 2. The van der Waals surface area contributed by atoms with Crippen molar-refractivity contribution in [1.82, 2.24) is 5.32 Å². The van der Waals surface area contributed by atoms with Crippen molar-refractivity contribution >= 4 is 33.6 Å². The molecule has 0 aliphatic carbocycles. The molecule has 0 radical (unpaired) electrons. The van der Waals surface area contributed by atoms with E-state index in [0.717, 1.165) is 27.8 Å². The zero-order valence-corrected chi connectivity index (χ0v) is 13.3. The molecule has 1 aliphatic heterocycles. The van der Waals surface area contributed by atoms with Crippen molar-refractivity contribution < 1.29 is 9.90 Å². The lowest BCUT2D eigenvalue weighted by atomic mass is 10.0. The highest BCUT2D eigenvalue weighted by atomic mass is 79.9. The van der Waals surface area contributed by atoms with Crippen molar-refractivity contribution in [3.05, 3.63) is 33.8 Å². The van der Waals surface area contributed by atoms with E-state index in [4.69, 9.17) is 0 Å². The van der Waals surface area contributed by atoms with Crippen LogP contribution in [0.1, 0.15) is 17.5 Å². The zero-order valence-electron chi connectivity index (χ0n) is 10.9. The van der Waals surface area contributed by atoms with Gasteiger partial charge in [0.05, 0.1) is 12.0 Å². The quantitative estimate of drug-likeness (QED) is 0.881. The van der Waals surface area contributed by atoms with Crippen LogP contribution in [0, 0.1) is 6.92 Å². The molecule has 1 amide bonds. The van der Waals surface area contributed by atoms with Crippen molar-refractivity contribution in [2.75, 3.05) is 18.1 Å². The lowest BCUT2D eigenvalue weighted by Gasteiger charge is -2.21. The molecule has 1 aromatic rings. The third kappa shape index (κ3) is 4.23. The minimum absolute atomic E-state index is 0.0317. The number of carbonyl (C=O) groups excluding carboxylic acids is 1. The standard InChI is InChI=1S/C14H18BrNO2S/c1-10-6-12(15)3-2-11(10)7-13(17)16-8-14(18)4-5-19-9-14/h2-3,6,18H,4-5,7-9H2,1H3,(H,16,17)/t14-/m0/s1. The van der Waals surface area contributed by atoms with Gasteiger partial charge in [-0.05, 0) is 42.4 Å². The van der Waals surface area contributed by atoms with Crippen LogP contribution in [-0.4, -0.2) is 34.7 Å². The summed E-state index contributed by atoms with van der Waals surface area (Å²) in [6.07, 6.45) is 1.12. The Kier molecular flexibility index (Phi) is 4.92. The van der Waals surface area contributed by atoms with Gasteiger partial charge < -0.3 is 10.4 Å². The summed E-state index contributed by atoms with van der Waals surface area (Å²) in [7, 11) is 0. The topological polar surface area (TPSA) is 49.3 Å². The van der Waals surface area contributed by atoms with E-state index in [0.29, 0.717) is 18.7 Å². The van der Waals surface area contributed by atoms with Gasteiger partial charge in [0.2, 0.25) is 5.91 Å². The Hall–Kier alpha value is -0.520. The van der Waals surface area contributed by atoms with E-state index in [9.17, 15) is 9.90 Å². The molecule has 0 unspecified atom stereocenters. The second kappa shape index (κ2) is 6.29. The first-order valence-corrected chi connectivity index (χ1v) is 8.25. The number of benzene rings is 1. The van der Waals surface area contributed by atoms with Crippen LogP contribution in [0.5, 0.6) is 0 Å². The van der Waals surface area contributed by atoms with Gasteiger partial charge in [0, 0.05) is 16.8 Å². The Morgan fingerprint density at radius 3 is 3.00 bits per heavy atom. The van der Waals surface area contributed by atoms with Gasteiger partial charge in [0.15, 0.2) is 0 Å². The van der Waals surface area contributed by atoms with E-state index in [2.05, 4.69) is 21.2 Å². The Bertz CT molecular complexity index is 473. The van der Waals surface area contributed by atoms with Crippen molar-refractivity contribution in [2.45, 2.75) is 25.4 Å². The number of halogens is 1. The van der Waals surface area contributed by atoms with Gasteiger partial charge >= 0.3 is 0 Å². The average molecular weight is 344 g/mol. The van der Waals surface area contributed by atoms with Gasteiger partial charge in [-0.1, -0.05) is 22.0 Å². The van der Waals surface area contributed by atoms with Crippen molar-refractivity contribution in [2.24, 2.45) is 0 Å². The van der Waals surface area contributed by atoms with Gasteiger partial charge in [-0.15, -0.1) is 0 Å². The number of hydrogen-bond acceptors (Lipinski definition) is 3. The normalized spacial score (nSPS) is 22.5. The molecule has 19 heavy (non-hydrogen) atoms. The average Bonchev–Trinajstić information content (AvgIpc) is 2.78. The number of carbonyl (C=O) groups is 1. The van der Waals surface area contributed by atoms with Crippen LogP contribution in [0.3, 0.4) is 0 Å². The molecule has 104 valence electrons. The van der Waals surface area contributed by atoms with Crippen LogP contribution in [0.15, 0.2) is 22.7 Å². The first-order valence-electron chi connectivity index (χ1n) is 6.30. The maximum atomic E-state index is 11.9. The molecule has 2 N–H and O–H groups in total. The monoisotopic (exact) mass is 343 g/mol. The molecule has 0 spiro atoms. The largest absolute Gasteiger partial charge is 0.387 e. The fourth-order valence-corrected chi connectivity index (χ4v) is 3.86. The molecule has 0 saturated carbocycles. The van der Waals surface area contributed by atoms with Crippen LogP contribution < -0.4 is 5.32 Å². The predicted octanol–water partition coefficient (Wildman–Crippen LogP) is 2.28. The van der Waals surface area contributed by atoms with Crippen molar-refractivity contribution in [1.29, 1.82) is 0 Å². The van der Waals surface area contributed by atoms with E-state index in [-0.39, 0.29) is 5.91 Å². The molecule has 1 atom stereocenters. The molecule has 1 aliphatic rings. The number of thioether (sulfide) groups is 1. The maximum absolute atomic E-state index is 11.9. The highest BCUT2D eigenvalue weighted by Crippen LogP contribution is 2.27. The molecule has 5 heteroatoms. The molecule has 1 fully saturated rings. The summed E-state index contributed by atoms with van der Waals surface area (Å²) in [5.74, 6) is 1.65. The zero-order chi connectivity index (χ0) is 13.9. The molecular weight excluding hydrogens is 326 g/mol. The number of amides is 1. The Labute approximate surface area is 126 Å².